The second-order valence-corrected chi connectivity index (χ2v) is 3.04. The van der Waals surface area contributed by atoms with Crippen LogP contribution < -0.4 is 15.6 Å². The lowest BCUT2D eigenvalue weighted by Gasteiger charge is -2.04. The Balaban J connectivity index is 2.17. The first-order chi connectivity index (χ1) is 7.78. The van der Waals surface area contributed by atoms with Gasteiger partial charge in [0.2, 0.25) is 5.95 Å². The van der Waals surface area contributed by atoms with E-state index in [9.17, 15) is 4.79 Å². The van der Waals surface area contributed by atoms with Crippen LogP contribution in [0.25, 0.3) is 0 Å². The van der Waals surface area contributed by atoms with E-state index in [0.717, 1.165) is 17.6 Å². The minimum absolute atomic E-state index is 0.300. The maximum Gasteiger partial charge on any atom is 0.271 e. The van der Waals surface area contributed by atoms with E-state index in [4.69, 9.17) is 4.74 Å². The zero-order valence-electron chi connectivity index (χ0n) is 8.60. The summed E-state index contributed by atoms with van der Waals surface area (Å²) >= 11 is 0. The minimum atomic E-state index is -0.300. The van der Waals surface area contributed by atoms with Gasteiger partial charge < -0.3 is 10.1 Å². The highest BCUT2D eigenvalue weighted by molar-refractivity contribution is 5.53. The Bertz CT molecular complexity index is 521. The fraction of sp³-hybridized carbons (Fsp3) is 0.100. The number of benzene rings is 1. The van der Waals surface area contributed by atoms with Crippen molar-refractivity contribution in [2.24, 2.45) is 0 Å². The SMILES string of the molecule is COc1ccc(Nc2nncc(=O)[nH]2)cc1. The molecule has 0 spiro atoms. The van der Waals surface area contributed by atoms with E-state index in [1.54, 1.807) is 19.2 Å². The molecule has 2 aromatic rings. The third-order valence-electron chi connectivity index (χ3n) is 1.93. The van der Waals surface area contributed by atoms with Crippen LogP contribution in [0.4, 0.5) is 11.6 Å². The fourth-order valence-corrected chi connectivity index (χ4v) is 1.18. The highest BCUT2D eigenvalue weighted by Gasteiger charge is 1.97. The third kappa shape index (κ3) is 2.35. The number of hydrogen-bond donors (Lipinski definition) is 2. The van der Waals surface area contributed by atoms with E-state index in [1.165, 1.54) is 0 Å². The molecular weight excluding hydrogens is 208 g/mol. The topological polar surface area (TPSA) is 79.9 Å². The van der Waals surface area contributed by atoms with Crippen molar-refractivity contribution in [2.45, 2.75) is 0 Å². The van der Waals surface area contributed by atoms with Crippen molar-refractivity contribution >= 4 is 11.6 Å². The summed E-state index contributed by atoms with van der Waals surface area (Å²) in [5, 5.41) is 10.2. The van der Waals surface area contributed by atoms with Crippen LogP contribution in [0.5, 0.6) is 5.75 Å². The highest BCUT2D eigenvalue weighted by Crippen LogP contribution is 2.16. The molecule has 82 valence electrons. The number of rotatable bonds is 3. The van der Waals surface area contributed by atoms with Crippen molar-refractivity contribution in [2.75, 3.05) is 12.4 Å². The maximum absolute atomic E-state index is 11.0. The van der Waals surface area contributed by atoms with Gasteiger partial charge in [0.15, 0.2) is 0 Å². The number of aromatic nitrogens is 3. The largest absolute Gasteiger partial charge is 0.497 e. The van der Waals surface area contributed by atoms with Gasteiger partial charge in [0.1, 0.15) is 11.9 Å². The molecule has 6 heteroatoms. The molecule has 1 aromatic carbocycles. The van der Waals surface area contributed by atoms with Crippen LogP contribution in [0.3, 0.4) is 0 Å². The van der Waals surface area contributed by atoms with Crippen LogP contribution in [0.15, 0.2) is 35.3 Å². The molecule has 0 saturated carbocycles. The van der Waals surface area contributed by atoms with Crippen molar-refractivity contribution in [3.63, 3.8) is 0 Å². The number of H-pyrrole nitrogens is 1. The minimum Gasteiger partial charge on any atom is -0.497 e. The van der Waals surface area contributed by atoms with Gasteiger partial charge in [-0.05, 0) is 24.3 Å². The fourth-order valence-electron chi connectivity index (χ4n) is 1.18. The van der Waals surface area contributed by atoms with Gasteiger partial charge in [0.05, 0.1) is 7.11 Å². The number of nitrogens with one attached hydrogen (secondary N) is 2. The normalized spacial score (nSPS) is 9.81. The first-order valence-corrected chi connectivity index (χ1v) is 4.61. The van der Waals surface area contributed by atoms with E-state index < -0.39 is 0 Å². The first kappa shape index (κ1) is 10.2. The molecule has 6 nitrogen and oxygen atoms in total. The van der Waals surface area contributed by atoms with E-state index in [0.29, 0.717) is 5.95 Å². The Hall–Kier alpha value is -2.37. The summed E-state index contributed by atoms with van der Waals surface area (Å²) in [6.45, 7) is 0. The molecule has 0 aliphatic carbocycles. The summed E-state index contributed by atoms with van der Waals surface area (Å²) in [5.74, 6) is 1.07. The van der Waals surface area contributed by atoms with E-state index >= 15 is 0 Å². The van der Waals surface area contributed by atoms with Crippen molar-refractivity contribution in [3.8, 4) is 5.75 Å². The summed E-state index contributed by atoms with van der Waals surface area (Å²) in [6.07, 6.45) is 1.11. The highest BCUT2D eigenvalue weighted by atomic mass is 16.5. The van der Waals surface area contributed by atoms with Crippen molar-refractivity contribution in [3.05, 3.63) is 40.8 Å². The van der Waals surface area contributed by atoms with Crippen LogP contribution in [-0.2, 0) is 0 Å². The number of anilines is 2. The van der Waals surface area contributed by atoms with Crippen LogP contribution >= 0.6 is 0 Å². The molecule has 0 aliphatic rings. The molecule has 16 heavy (non-hydrogen) atoms. The van der Waals surface area contributed by atoms with E-state index in [1.807, 2.05) is 12.1 Å². The second kappa shape index (κ2) is 4.43. The standard InChI is InChI=1S/C10H10N4O2/c1-16-8-4-2-7(3-5-8)12-10-13-9(15)6-11-14-10/h2-6H,1H3,(H2,12,13,14,15). The zero-order valence-corrected chi connectivity index (χ0v) is 8.60. The quantitative estimate of drug-likeness (QED) is 0.800. The molecular formula is C10H10N4O2. The van der Waals surface area contributed by atoms with Gasteiger partial charge in [-0.2, -0.15) is 0 Å². The summed E-state index contributed by atoms with van der Waals surface area (Å²) in [6, 6.07) is 7.23. The van der Waals surface area contributed by atoms with Gasteiger partial charge in [-0.15, -0.1) is 10.2 Å². The van der Waals surface area contributed by atoms with Gasteiger partial charge in [0, 0.05) is 5.69 Å². The molecule has 0 amide bonds. The monoisotopic (exact) mass is 218 g/mol. The molecule has 1 aromatic heterocycles. The summed E-state index contributed by atoms with van der Waals surface area (Å²) in [5.41, 5.74) is 0.489. The molecule has 0 saturated heterocycles. The van der Waals surface area contributed by atoms with Crippen LogP contribution in [-0.4, -0.2) is 22.3 Å². The lowest BCUT2D eigenvalue weighted by molar-refractivity contribution is 0.415. The van der Waals surface area contributed by atoms with Crippen LogP contribution in [0, 0.1) is 0 Å². The van der Waals surface area contributed by atoms with Gasteiger partial charge in [-0.3, -0.25) is 9.78 Å². The smallest absolute Gasteiger partial charge is 0.271 e. The van der Waals surface area contributed by atoms with Gasteiger partial charge in [-0.1, -0.05) is 0 Å². The summed E-state index contributed by atoms with van der Waals surface area (Å²) < 4.78 is 5.02. The Kier molecular flexibility index (Phi) is 2.81. The predicted octanol–water partition coefficient (Wildman–Crippen LogP) is 0.917. The molecule has 1 heterocycles. The average Bonchev–Trinajstić information content (AvgIpc) is 2.30. The van der Waals surface area contributed by atoms with Gasteiger partial charge in [0.25, 0.3) is 5.56 Å². The van der Waals surface area contributed by atoms with Gasteiger partial charge in [-0.25, -0.2) is 0 Å². The molecule has 2 rings (SSSR count). The van der Waals surface area contributed by atoms with Gasteiger partial charge >= 0.3 is 0 Å². The summed E-state index contributed by atoms with van der Waals surface area (Å²) in [4.78, 5) is 13.5. The van der Waals surface area contributed by atoms with E-state index in [-0.39, 0.29) is 5.56 Å². The van der Waals surface area contributed by atoms with E-state index in [2.05, 4.69) is 20.5 Å². The van der Waals surface area contributed by atoms with Crippen LogP contribution in [0.2, 0.25) is 0 Å². The predicted molar refractivity (Wildman–Crippen MR) is 58.9 cm³/mol. The average molecular weight is 218 g/mol. The molecule has 2 N–H and O–H groups in total. The Labute approximate surface area is 91.3 Å². The first-order valence-electron chi connectivity index (χ1n) is 4.61. The Morgan fingerprint density at radius 1 is 1.31 bits per heavy atom. The third-order valence-corrected chi connectivity index (χ3v) is 1.93. The maximum atomic E-state index is 11.0. The molecule has 0 unspecified atom stereocenters. The Morgan fingerprint density at radius 3 is 2.69 bits per heavy atom. The molecule has 0 atom stereocenters. The second-order valence-electron chi connectivity index (χ2n) is 3.04. The molecule has 0 fully saturated rings. The molecule has 0 radical (unpaired) electrons. The molecule has 0 aliphatic heterocycles. The van der Waals surface area contributed by atoms with Crippen molar-refractivity contribution < 1.29 is 4.74 Å². The zero-order chi connectivity index (χ0) is 11.4. The number of methoxy groups -OCH3 is 1. The molecule has 0 bridgehead atoms. The van der Waals surface area contributed by atoms with Crippen molar-refractivity contribution in [1.82, 2.24) is 15.2 Å². The lowest BCUT2D eigenvalue weighted by Crippen LogP contribution is -2.10. The van der Waals surface area contributed by atoms with Crippen LogP contribution in [0.1, 0.15) is 0 Å². The Morgan fingerprint density at radius 2 is 2.06 bits per heavy atom. The number of aromatic amines is 1. The number of ether oxygens (including phenoxy) is 1. The summed E-state index contributed by atoms with van der Waals surface area (Å²) in [7, 11) is 1.60. The number of nitrogens with zero attached hydrogens (tertiary/aromatic N) is 2. The lowest BCUT2D eigenvalue weighted by atomic mass is 10.3. The van der Waals surface area contributed by atoms with Crippen molar-refractivity contribution in [1.29, 1.82) is 0 Å². The number of hydrogen-bond acceptors (Lipinski definition) is 5.